The van der Waals surface area contributed by atoms with Crippen LogP contribution < -0.4 is 5.43 Å². The molecule has 2 fully saturated rings. The Morgan fingerprint density at radius 2 is 1.85 bits per heavy atom. The zero-order valence-electron chi connectivity index (χ0n) is 27.7. The summed E-state index contributed by atoms with van der Waals surface area (Å²) < 4.78 is 6.37. The van der Waals surface area contributed by atoms with E-state index in [0.717, 1.165) is 68.2 Å². The number of amides is 1. The van der Waals surface area contributed by atoms with Gasteiger partial charge in [0.05, 0.1) is 43.9 Å². The lowest BCUT2D eigenvalue weighted by atomic mass is 9.73. The molecule has 4 aliphatic rings. The van der Waals surface area contributed by atoms with Crippen LogP contribution in [0.2, 0.25) is 5.02 Å². The molecule has 12 nitrogen and oxygen atoms in total. The average molecular weight is 677 g/mol. The predicted molar refractivity (Wildman–Crippen MR) is 184 cm³/mol. The van der Waals surface area contributed by atoms with E-state index < -0.39 is 0 Å². The fraction of sp³-hybridized carbons (Fsp3) is 0.486. The molecule has 0 bridgehead atoms. The minimum absolute atomic E-state index is 0.0135. The SMILES string of the molecule is COC(=O)CCN1CCN(C(=O)Cn2cc(N=C3NN4C=CC=C(N5CCC(CO)(c6ccc(Cl)cc6)CC5)C4=CCC3C)cn2)CC1. The summed E-state index contributed by atoms with van der Waals surface area (Å²) in [6, 6.07) is 7.89. The number of hydrogen-bond acceptors (Lipinski definition) is 9. The van der Waals surface area contributed by atoms with E-state index in [1.54, 1.807) is 10.9 Å². The van der Waals surface area contributed by atoms with Gasteiger partial charge in [0.15, 0.2) is 0 Å². The molecule has 256 valence electrons. The lowest BCUT2D eigenvalue weighted by molar-refractivity contribution is -0.141. The normalized spacial score (nSPS) is 22.0. The van der Waals surface area contributed by atoms with Crippen LogP contribution in [0.3, 0.4) is 0 Å². The van der Waals surface area contributed by atoms with Gasteiger partial charge in [-0.05, 0) is 49.1 Å². The highest BCUT2D eigenvalue weighted by Gasteiger charge is 2.37. The third-order valence-corrected chi connectivity index (χ3v) is 10.2. The molecule has 0 radical (unpaired) electrons. The van der Waals surface area contributed by atoms with E-state index in [1.807, 2.05) is 52.6 Å². The molecule has 2 saturated heterocycles. The molecule has 0 saturated carbocycles. The van der Waals surface area contributed by atoms with E-state index >= 15 is 0 Å². The molecule has 0 spiro atoms. The quantitative estimate of drug-likeness (QED) is 0.385. The van der Waals surface area contributed by atoms with E-state index in [9.17, 15) is 14.7 Å². The Hall–Kier alpha value is -4.13. The van der Waals surface area contributed by atoms with Crippen molar-refractivity contribution in [2.75, 3.05) is 59.5 Å². The molecular formula is C35H45ClN8O4. The molecule has 2 aromatic rings. The zero-order valence-corrected chi connectivity index (χ0v) is 28.5. The number of aliphatic hydroxyl groups is 1. The smallest absolute Gasteiger partial charge is 0.306 e. The second-order valence-corrected chi connectivity index (χ2v) is 13.4. The lowest BCUT2D eigenvalue weighted by Gasteiger charge is -2.44. The van der Waals surface area contributed by atoms with E-state index in [1.165, 1.54) is 7.11 Å². The van der Waals surface area contributed by atoms with E-state index in [0.29, 0.717) is 36.8 Å². The molecule has 4 aliphatic heterocycles. The maximum Gasteiger partial charge on any atom is 0.306 e. The Labute approximate surface area is 286 Å². The van der Waals surface area contributed by atoms with Gasteiger partial charge in [-0.25, -0.2) is 4.99 Å². The monoisotopic (exact) mass is 676 g/mol. The van der Waals surface area contributed by atoms with Crippen LogP contribution in [0, 0.1) is 5.92 Å². The van der Waals surface area contributed by atoms with Gasteiger partial charge in [0.1, 0.15) is 18.1 Å². The van der Waals surface area contributed by atoms with Gasteiger partial charge in [0.2, 0.25) is 5.91 Å². The molecule has 1 aromatic carbocycles. The first kappa shape index (κ1) is 33.8. The van der Waals surface area contributed by atoms with Crippen molar-refractivity contribution in [3.8, 4) is 0 Å². The highest BCUT2D eigenvalue weighted by molar-refractivity contribution is 6.30. The molecule has 48 heavy (non-hydrogen) atoms. The summed E-state index contributed by atoms with van der Waals surface area (Å²) in [5, 5.41) is 17.6. The molecule has 13 heteroatoms. The van der Waals surface area contributed by atoms with Crippen LogP contribution in [0.5, 0.6) is 0 Å². The van der Waals surface area contributed by atoms with Crippen molar-refractivity contribution in [2.24, 2.45) is 10.9 Å². The Morgan fingerprint density at radius 1 is 1.10 bits per heavy atom. The minimum Gasteiger partial charge on any atom is -0.469 e. The van der Waals surface area contributed by atoms with Crippen molar-refractivity contribution in [1.82, 2.24) is 34.9 Å². The molecule has 1 atom stereocenters. The summed E-state index contributed by atoms with van der Waals surface area (Å²) in [6.45, 7) is 7.40. The maximum absolute atomic E-state index is 13.0. The van der Waals surface area contributed by atoms with Gasteiger partial charge in [-0.2, -0.15) is 5.10 Å². The maximum atomic E-state index is 13.0. The van der Waals surface area contributed by atoms with Gasteiger partial charge in [0.25, 0.3) is 0 Å². The van der Waals surface area contributed by atoms with E-state index in [2.05, 4.69) is 39.4 Å². The number of rotatable bonds is 9. The largest absolute Gasteiger partial charge is 0.469 e. The first-order valence-electron chi connectivity index (χ1n) is 16.7. The predicted octanol–water partition coefficient (Wildman–Crippen LogP) is 3.44. The van der Waals surface area contributed by atoms with Gasteiger partial charge in [-0.15, -0.1) is 0 Å². The number of amidine groups is 1. The minimum atomic E-state index is -0.271. The zero-order chi connectivity index (χ0) is 33.7. The number of halogens is 1. The summed E-state index contributed by atoms with van der Waals surface area (Å²) in [4.78, 5) is 35.8. The van der Waals surface area contributed by atoms with E-state index in [4.69, 9.17) is 21.3 Å². The summed E-state index contributed by atoms with van der Waals surface area (Å²) in [7, 11) is 1.40. The third-order valence-electron chi connectivity index (χ3n) is 9.95. The summed E-state index contributed by atoms with van der Waals surface area (Å²) in [6.07, 6.45) is 14.8. The molecule has 0 aliphatic carbocycles. The van der Waals surface area contributed by atoms with Crippen LogP contribution in [0.15, 0.2) is 77.5 Å². The standard InChI is InChI=1S/C35H45ClN8O4/c1-26-5-10-31-30(41-16-12-35(25-45,13-17-41)27-6-8-28(36)9-7-27)4-3-14-44(31)39-34(26)38-29-22-37-43(23-29)24-32(46)42-20-18-40(19-21-42)15-11-33(47)48-2/h3-4,6-10,14,22-23,26,45H,5,11-13,15-21,24-25H2,1-2H3,(H,38,39). The number of ether oxygens (including phenoxy) is 1. The van der Waals surface area contributed by atoms with Crippen molar-refractivity contribution in [3.63, 3.8) is 0 Å². The number of carbonyl (C=O) groups is 2. The van der Waals surface area contributed by atoms with Crippen LogP contribution in [0.1, 0.15) is 38.2 Å². The number of nitrogens with zero attached hydrogens (tertiary/aromatic N) is 7. The van der Waals surface area contributed by atoms with Crippen molar-refractivity contribution in [3.05, 3.63) is 83.1 Å². The number of aliphatic imine (C=N–C) groups is 1. The Bertz CT molecular complexity index is 1580. The molecule has 6 rings (SSSR count). The fourth-order valence-electron chi connectivity index (χ4n) is 6.81. The van der Waals surface area contributed by atoms with Crippen molar-refractivity contribution < 1.29 is 19.4 Å². The van der Waals surface area contributed by atoms with E-state index in [-0.39, 0.29) is 36.4 Å². The number of methoxy groups -OCH3 is 1. The van der Waals surface area contributed by atoms with Crippen LogP contribution in [-0.4, -0.2) is 112 Å². The number of esters is 1. The van der Waals surface area contributed by atoms with Gasteiger partial charge in [-0.1, -0.05) is 36.7 Å². The first-order valence-corrected chi connectivity index (χ1v) is 17.1. The van der Waals surface area contributed by atoms with Crippen LogP contribution >= 0.6 is 11.6 Å². The molecule has 1 aromatic heterocycles. The van der Waals surface area contributed by atoms with Crippen LogP contribution in [-0.2, 0) is 26.3 Å². The van der Waals surface area contributed by atoms with Crippen molar-refractivity contribution >= 4 is 35.0 Å². The lowest BCUT2D eigenvalue weighted by Crippen LogP contribution is -2.49. The summed E-state index contributed by atoms with van der Waals surface area (Å²) >= 11 is 6.14. The number of aromatic nitrogens is 2. The number of nitrogens with one attached hydrogen (secondary N) is 1. The number of hydrazine groups is 1. The van der Waals surface area contributed by atoms with Gasteiger partial charge < -0.3 is 19.6 Å². The van der Waals surface area contributed by atoms with Crippen molar-refractivity contribution in [1.29, 1.82) is 0 Å². The molecule has 2 N–H and O–H groups in total. The number of fused-ring (bicyclic) bond motifs is 1. The van der Waals surface area contributed by atoms with Crippen molar-refractivity contribution in [2.45, 2.75) is 44.6 Å². The van der Waals surface area contributed by atoms with Gasteiger partial charge >= 0.3 is 5.97 Å². The molecule has 1 unspecified atom stereocenters. The number of carbonyl (C=O) groups excluding carboxylic acids is 2. The highest BCUT2D eigenvalue weighted by Crippen LogP contribution is 2.38. The van der Waals surface area contributed by atoms with Crippen LogP contribution in [0.4, 0.5) is 5.69 Å². The topological polar surface area (TPSA) is 119 Å². The Balaban J connectivity index is 1.04. The highest BCUT2D eigenvalue weighted by atomic mass is 35.5. The number of likely N-dealkylation sites (tertiary alicyclic amines) is 1. The summed E-state index contributed by atoms with van der Waals surface area (Å²) in [5.41, 5.74) is 7.32. The number of benzene rings is 1. The molecule has 1 amide bonds. The third kappa shape index (κ3) is 7.61. The fourth-order valence-corrected chi connectivity index (χ4v) is 6.94. The number of piperidine rings is 1. The Kier molecular flexibility index (Phi) is 10.5. The number of piperazine rings is 1. The second-order valence-electron chi connectivity index (χ2n) is 13.0. The first-order chi connectivity index (χ1) is 23.3. The Morgan fingerprint density at radius 3 is 2.56 bits per heavy atom. The van der Waals surface area contributed by atoms with Gasteiger partial charge in [0, 0.05) is 68.4 Å². The number of aliphatic hydroxyl groups excluding tert-OH is 1. The number of hydrogen-bond donors (Lipinski definition) is 2. The summed E-state index contributed by atoms with van der Waals surface area (Å²) in [5.74, 6) is 0.748. The van der Waals surface area contributed by atoms with Crippen LogP contribution in [0.25, 0.3) is 0 Å². The molecule has 5 heterocycles. The molecular weight excluding hydrogens is 632 g/mol. The van der Waals surface area contributed by atoms with Gasteiger partial charge in [-0.3, -0.25) is 29.6 Å². The second kappa shape index (κ2) is 15.0. The average Bonchev–Trinajstić information content (AvgIpc) is 3.49. The number of allylic oxidation sites excluding steroid dienone is 3.